The van der Waals surface area contributed by atoms with E-state index < -0.39 is 0 Å². The van der Waals surface area contributed by atoms with Crippen molar-refractivity contribution in [2.24, 2.45) is 0 Å². The van der Waals surface area contributed by atoms with Crippen LogP contribution in [0.4, 0.5) is 0 Å². The predicted molar refractivity (Wildman–Crippen MR) is 68.2 cm³/mol. The van der Waals surface area contributed by atoms with Gasteiger partial charge in [0, 0.05) is 20.1 Å². The second-order valence-corrected chi connectivity index (χ2v) is 4.03. The first-order valence-corrected chi connectivity index (χ1v) is 5.67. The second kappa shape index (κ2) is 5.87. The molecule has 1 aromatic heterocycles. The first-order valence-electron chi connectivity index (χ1n) is 5.67. The molecule has 1 heterocycles. The molecule has 3 rings (SSSR count). The minimum atomic E-state index is 0. The van der Waals surface area contributed by atoms with Gasteiger partial charge in [0.05, 0.1) is 5.69 Å². The van der Waals surface area contributed by atoms with Gasteiger partial charge in [-0.05, 0) is 35.0 Å². The van der Waals surface area contributed by atoms with Crippen LogP contribution >= 0.6 is 0 Å². The van der Waals surface area contributed by atoms with Crippen LogP contribution in [0, 0.1) is 13.0 Å². The first-order chi connectivity index (χ1) is 8.84. The average Bonchev–Trinajstić information content (AvgIpc) is 2.89. The molecule has 0 aliphatic rings. The molecule has 0 saturated carbocycles. The molecule has 3 aromatic rings. The molecule has 0 N–H and O–H groups in total. The summed E-state index contributed by atoms with van der Waals surface area (Å²) >= 11 is 0. The Hall–Kier alpha value is -1.84. The van der Waals surface area contributed by atoms with Gasteiger partial charge in [-0.25, -0.2) is 4.68 Å². The van der Waals surface area contributed by atoms with Gasteiger partial charge in [0.15, 0.2) is 0 Å². The molecule has 0 atom stereocenters. The zero-order chi connectivity index (χ0) is 12.4. The van der Waals surface area contributed by atoms with Crippen molar-refractivity contribution in [2.75, 3.05) is 0 Å². The topological polar surface area (TPSA) is 43.6 Å². The van der Waals surface area contributed by atoms with Crippen LogP contribution in [-0.4, -0.2) is 20.2 Å². The van der Waals surface area contributed by atoms with Crippen molar-refractivity contribution in [3.8, 4) is 17.1 Å². The number of aromatic nitrogens is 4. The van der Waals surface area contributed by atoms with Crippen molar-refractivity contribution in [1.82, 2.24) is 20.2 Å². The fourth-order valence-corrected chi connectivity index (χ4v) is 1.82. The van der Waals surface area contributed by atoms with Crippen LogP contribution in [0.15, 0.2) is 48.5 Å². The summed E-state index contributed by atoms with van der Waals surface area (Å²) in [4.78, 5) is 0. The van der Waals surface area contributed by atoms with Crippen LogP contribution in [-0.2, 0) is 20.1 Å². The van der Waals surface area contributed by atoms with E-state index in [9.17, 15) is 0 Å². The number of hydrogen-bond donors (Lipinski definition) is 0. The third-order valence-corrected chi connectivity index (χ3v) is 2.67. The van der Waals surface area contributed by atoms with Gasteiger partial charge in [0.2, 0.25) is 0 Å². The van der Waals surface area contributed by atoms with Gasteiger partial charge in [-0.1, -0.05) is 12.1 Å². The SMILES string of the molecule is Cc1cccc(-n2nnnc2-c2[c-]cccc2)c1.[Ir]. The molecule has 0 saturated heterocycles. The largest absolute Gasteiger partial charge is 0.233 e. The number of benzene rings is 2. The van der Waals surface area contributed by atoms with Crippen molar-refractivity contribution < 1.29 is 20.1 Å². The first kappa shape index (κ1) is 13.6. The van der Waals surface area contributed by atoms with Gasteiger partial charge in [0.1, 0.15) is 5.82 Å². The third-order valence-electron chi connectivity index (χ3n) is 2.67. The Labute approximate surface area is 124 Å². The standard InChI is InChI=1S/C14H11N4.Ir/c1-11-6-5-9-13(10-11)18-14(15-16-17-18)12-7-3-2-4-8-12;/h2-7,9-10H,1H3;/q-1;. The Morgan fingerprint density at radius 3 is 2.74 bits per heavy atom. The maximum atomic E-state index is 4.06. The normalized spacial score (nSPS) is 9.95. The van der Waals surface area contributed by atoms with Gasteiger partial charge in [-0.2, -0.15) is 5.10 Å². The molecule has 0 fully saturated rings. The summed E-state index contributed by atoms with van der Waals surface area (Å²) in [7, 11) is 0. The maximum Gasteiger partial charge on any atom is 0.104 e. The average molecular weight is 427 g/mol. The molecule has 0 aliphatic carbocycles. The number of hydrogen-bond acceptors (Lipinski definition) is 3. The van der Waals surface area contributed by atoms with Crippen molar-refractivity contribution in [1.29, 1.82) is 0 Å². The summed E-state index contributed by atoms with van der Waals surface area (Å²) < 4.78 is 1.72. The minimum Gasteiger partial charge on any atom is -0.233 e. The molecule has 4 nitrogen and oxygen atoms in total. The van der Waals surface area contributed by atoms with E-state index in [4.69, 9.17) is 0 Å². The predicted octanol–water partition coefficient (Wildman–Crippen LogP) is 2.44. The van der Waals surface area contributed by atoms with Crippen molar-refractivity contribution >= 4 is 0 Å². The summed E-state index contributed by atoms with van der Waals surface area (Å²) in [6, 6.07) is 18.9. The van der Waals surface area contributed by atoms with Crippen molar-refractivity contribution in [2.45, 2.75) is 6.92 Å². The van der Waals surface area contributed by atoms with Crippen LogP contribution in [0.2, 0.25) is 0 Å². The van der Waals surface area contributed by atoms with Crippen LogP contribution in [0.3, 0.4) is 0 Å². The Balaban J connectivity index is 0.00000133. The molecule has 1 radical (unpaired) electrons. The number of tetrazole rings is 1. The van der Waals surface area contributed by atoms with Crippen LogP contribution in [0.25, 0.3) is 17.1 Å². The van der Waals surface area contributed by atoms with Crippen LogP contribution < -0.4 is 0 Å². The summed E-state index contributed by atoms with van der Waals surface area (Å²) in [5.41, 5.74) is 3.00. The van der Waals surface area contributed by atoms with Crippen molar-refractivity contribution in [3.05, 3.63) is 60.2 Å². The Morgan fingerprint density at radius 2 is 2.00 bits per heavy atom. The fourth-order valence-electron chi connectivity index (χ4n) is 1.82. The molecule has 0 unspecified atom stereocenters. The zero-order valence-electron chi connectivity index (χ0n) is 10.2. The van der Waals surface area contributed by atoms with Crippen LogP contribution in [0.5, 0.6) is 0 Å². The molecule has 2 aromatic carbocycles. The third kappa shape index (κ3) is 2.78. The van der Waals surface area contributed by atoms with Crippen LogP contribution in [0.1, 0.15) is 5.56 Å². The van der Waals surface area contributed by atoms with E-state index >= 15 is 0 Å². The molecular weight excluding hydrogens is 416 g/mol. The Morgan fingerprint density at radius 1 is 1.11 bits per heavy atom. The molecule has 0 spiro atoms. The Kier molecular flexibility index (Phi) is 4.20. The van der Waals surface area contributed by atoms with E-state index in [0.717, 1.165) is 11.3 Å². The van der Waals surface area contributed by atoms with Gasteiger partial charge in [-0.3, -0.25) is 0 Å². The smallest absolute Gasteiger partial charge is 0.104 e. The molecule has 0 bridgehead atoms. The minimum absolute atomic E-state index is 0. The summed E-state index contributed by atoms with van der Waals surface area (Å²) in [6.07, 6.45) is 0. The molecule has 0 amide bonds. The maximum absolute atomic E-state index is 4.06. The second-order valence-electron chi connectivity index (χ2n) is 4.03. The van der Waals surface area contributed by atoms with Gasteiger partial charge < -0.3 is 0 Å². The van der Waals surface area contributed by atoms with Gasteiger partial charge in [0.25, 0.3) is 0 Å². The van der Waals surface area contributed by atoms with Gasteiger partial charge in [-0.15, -0.1) is 35.9 Å². The van der Waals surface area contributed by atoms with Crippen molar-refractivity contribution in [3.63, 3.8) is 0 Å². The van der Waals surface area contributed by atoms with Gasteiger partial charge >= 0.3 is 0 Å². The molecule has 5 heteroatoms. The van der Waals surface area contributed by atoms with E-state index in [1.807, 2.05) is 55.5 Å². The molecule has 0 aliphatic heterocycles. The summed E-state index contributed by atoms with van der Waals surface area (Å²) in [5.74, 6) is 0.696. The van der Waals surface area contributed by atoms with E-state index in [-0.39, 0.29) is 20.1 Å². The number of nitrogens with zero attached hydrogens (tertiary/aromatic N) is 4. The fraction of sp³-hybridized carbons (Fsp3) is 0.0714. The van der Waals surface area contributed by atoms with E-state index in [1.54, 1.807) is 4.68 Å². The van der Waals surface area contributed by atoms with E-state index in [2.05, 4.69) is 21.6 Å². The molecule has 19 heavy (non-hydrogen) atoms. The quantitative estimate of drug-likeness (QED) is 0.590. The summed E-state index contributed by atoms with van der Waals surface area (Å²) in [5, 5.41) is 11.9. The van der Waals surface area contributed by atoms with E-state index in [1.165, 1.54) is 5.56 Å². The van der Waals surface area contributed by atoms with E-state index in [0.29, 0.717) is 5.82 Å². The number of rotatable bonds is 2. The summed E-state index contributed by atoms with van der Waals surface area (Å²) in [6.45, 7) is 2.04. The Bertz CT molecular complexity index is 664. The zero-order valence-corrected chi connectivity index (χ0v) is 12.6. The monoisotopic (exact) mass is 428 g/mol. The molecule has 97 valence electrons. The molecular formula is C14H11IrN4-. The number of aryl methyl sites for hydroxylation is 1.